The van der Waals surface area contributed by atoms with Gasteiger partial charge in [0.15, 0.2) is 5.78 Å². The summed E-state index contributed by atoms with van der Waals surface area (Å²) in [6.45, 7) is 27.7. The number of rotatable bonds is 18. The number of aromatic amines is 1. The molecular formula is C75H126N16O13. The Labute approximate surface area is 616 Å². The number of aryl methyl sites for hydroxylation is 1. The van der Waals surface area contributed by atoms with Crippen molar-refractivity contribution in [3.8, 4) is 0 Å². The number of nitrogens with two attached hydrogens (primary N) is 1. The topological polar surface area (TPSA) is 434 Å². The molecule has 0 aromatic carbocycles. The molecule has 12 N–H and O–H groups in total. The van der Waals surface area contributed by atoms with Crippen LogP contribution in [0.1, 0.15) is 281 Å². The Balaban J connectivity index is 0.00000117. The maximum Gasteiger partial charge on any atom is 0.316 e. The van der Waals surface area contributed by atoms with Gasteiger partial charge >= 0.3 is 6.03 Å². The number of allylic oxidation sites excluding steroid dienone is 3. The number of isocyanates is 4. The summed E-state index contributed by atoms with van der Waals surface area (Å²) >= 11 is 0. The predicted molar refractivity (Wildman–Crippen MR) is 403 cm³/mol. The first-order valence-corrected chi connectivity index (χ1v) is 37.3. The van der Waals surface area contributed by atoms with Crippen molar-refractivity contribution in [1.82, 2.24) is 57.8 Å². The summed E-state index contributed by atoms with van der Waals surface area (Å²) in [7, 11) is 0. The number of hydrogen-bond acceptors (Lipinski definition) is 21. The second-order valence-electron chi connectivity index (χ2n) is 28.5. The van der Waals surface area contributed by atoms with Crippen molar-refractivity contribution in [3.05, 3.63) is 45.7 Å². The number of Topliss-reactive ketones (excluding diaryl/α,β-unsaturated/α-hetero) is 1. The fourth-order valence-corrected chi connectivity index (χ4v) is 12.7. The third kappa shape index (κ3) is 47.5. The van der Waals surface area contributed by atoms with Crippen LogP contribution in [0.2, 0.25) is 0 Å². The largest absolute Gasteiger partial charge is 0.369 e. The van der Waals surface area contributed by atoms with Crippen molar-refractivity contribution in [2.75, 3.05) is 38.5 Å². The highest BCUT2D eigenvalue weighted by Crippen LogP contribution is 2.39. The molecule has 0 bridgehead atoms. The number of carbonyl (C=O) groups excluding carboxylic acids is 12. The molecule has 29 nitrogen and oxygen atoms in total. The number of ketones is 2. The second-order valence-corrected chi connectivity index (χ2v) is 28.5. The van der Waals surface area contributed by atoms with Crippen LogP contribution < -0.4 is 59.1 Å². The molecule has 0 spiro atoms. The van der Waals surface area contributed by atoms with Gasteiger partial charge in [-0.25, -0.2) is 33.9 Å². The molecule has 3 heterocycles. The average Bonchev–Trinajstić information content (AvgIpc) is 0.854. The monoisotopic (exact) mass is 1460 g/mol. The predicted octanol–water partition coefficient (Wildman–Crippen LogP) is 9.49. The van der Waals surface area contributed by atoms with Crippen molar-refractivity contribution >= 4 is 77.4 Å². The van der Waals surface area contributed by atoms with E-state index in [1.54, 1.807) is 38.2 Å². The van der Waals surface area contributed by atoms with Crippen LogP contribution in [0.15, 0.2) is 54.4 Å². The van der Waals surface area contributed by atoms with Crippen molar-refractivity contribution in [2.24, 2.45) is 25.4 Å². The van der Waals surface area contributed by atoms with Crippen LogP contribution in [0, 0.1) is 12.3 Å². The molecule has 2 aliphatic heterocycles. The van der Waals surface area contributed by atoms with Gasteiger partial charge in [0.1, 0.15) is 31.0 Å². The molecule has 5 fully saturated rings. The summed E-state index contributed by atoms with van der Waals surface area (Å²) in [6, 6.07) is 1.19. The zero-order chi connectivity index (χ0) is 78.5. The Hall–Kier alpha value is -8.76. The maximum absolute atomic E-state index is 12.2. The molecule has 7 amide bonds. The Kier molecular flexibility index (Phi) is 49.4. The summed E-state index contributed by atoms with van der Waals surface area (Å²) in [5.41, 5.74) is 7.11. The normalized spacial score (nSPS) is 19.2. The molecule has 5 saturated carbocycles. The van der Waals surface area contributed by atoms with Gasteiger partial charge in [0, 0.05) is 86.8 Å². The number of carbonyl (C=O) groups is 8. The molecular weight excluding hydrogens is 1330 g/mol. The lowest BCUT2D eigenvalue weighted by molar-refractivity contribution is -0.130. The van der Waals surface area contributed by atoms with Gasteiger partial charge in [-0.3, -0.25) is 43.3 Å². The summed E-state index contributed by atoms with van der Waals surface area (Å²) in [6.07, 6.45) is 39.3. The lowest BCUT2D eigenvalue weighted by Gasteiger charge is -2.35. The fraction of sp³-hybridized carbons (Fsp3) is 0.733. The van der Waals surface area contributed by atoms with E-state index in [1.165, 1.54) is 115 Å². The molecule has 584 valence electrons. The highest BCUT2D eigenvalue weighted by molar-refractivity contribution is 5.97. The van der Waals surface area contributed by atoms with E-state index >= 15 is 0 Å². The number of anilines is 1. The Bertz CT molecular complexity index is 2860. The van der Waals surface area contributed by atoms with E-state index < -0.39 is 0 Å². The number of nitrogens with one attached hydrogen (secondary N) is 10. The molecule has 8 rings (SSSR count). The summed E-state index contributed by atoms with van der Waals surface area (Å²) in [5.74, 6) is -0.547. The van der Waals surface area contributed by atoms with Crippen LogP contribution >= 0.6 is 0 Å². The minimum absolute atomic E-state index is 0.0467. The van der Waals surface area contributed by atoms with Crippen LogP contribution in [-0.4, -0.2) is 149 Å². The zero-order valence-electron chi connectivity index (χ0n) is 64.8. The Morgan fingerprint density at radius 1 is 0.529 bits per heavy atom. The van der Waals surface area contributed by atoms with E-state index in [2.05, 4.69) is 91.6 Å². The van der Waals surface area contributed by atoms with Crippen LogP contribution in [0.25, 0.3) is 0 Å². The lowest BCUT2D eigenvalue weighted by atomic mass is 9.72. The molecule has 1 aromatic heterocycles. The first-order chi connectivity index (χ1) is 49.2. The smallest absolute Gasteiger partial charge is 0.316 e. The van der Waals surface area contributed by atoms with Gasteiger partial charge in [0.2, 0.25) is 59.8 Å². The van der Waals surface area contributed by atoms with Gasteiger partial charge in [-0.15, -0.1) is 0 Å². The number of aliphatic imine (C=N–C) groups is 4. The van der Waals surface area contributed by atoms with Gasteiger partial charge < -0.3 is 53.6 Å². The van der Waals surface area contributed by atoms with Crippen LogP contribution in [0.3, 0.4) is 0 Å². The minimum Gasteiger partial charge on any atom is -0.369 e. The van der Waals surface area contributed by atoms with Crippen LogP contribution in [-0.2, 0) is 52.7 Å². The molecule has 7 aliphatic rings. The summed E-state index contributed by atoms with van der Waals surface area (Å²) in [5, 5.41) is 25.0. The fourth-order valence-electron chi connectivity index (χ4n) is 12.7. The zero-order valence-corrected chi connectivity index (χ0v) is 64.8. The van der Waals surface area contributed by atoms with Gasteiger partial charge in [-0.05, 0) is 159 Å². The average molecular weight is 1460 g/mol. The first-order valence-electron chi connectivity index (χ1n) is 37.3. The number of hydrogen-bond donors (Lipinski definition) is 11. The van der Waals surface area contributed by atoms with Gasteiger partial charge in [0.25, 0.3) is 5.56 Å². The third-order valence-electron chi connectivity index (χ3n) is 18.0. The molecule has 0 saturated heterocycles. The number of urea groups is 1. The Morgan fingerprint density at radius 3 is 1.24 bits per heavy atom. The standard InChI is InChI=1S/C15H24N2O2.C14H23N3O2.3C8H13NO.2C7H14N2O2.C5H7N3O.C3H5NO/c1-11-8-14(19)17-13(16-11)9-12(18)10-15(2)6-4-3-5-7-15;1-10-8-11(18)9-12(15-10)16-13(19)17-14(2)6-4-3-5-7-14;3*1-8(9-7-10)5-3-2-4-6-8;2*1-3-8-6(10)5-7(11)9-4-2;1-3-2-4(9)8-5(6)7-3;1-2-4-3-5/h8,13,16H,3-7,9-10H2,1-2H3,(H,17,19);8,12,15H,3-7,9H2,1-2H3,(H2,16,17,19);3*2-6H2,1H3;2*3-5H2,1-2H3,(H,8,10)(H,9,11);2H,1H3,(H3,6,7,8,9);2H2,1H3. The Morgan fingerprint density at radius 2 is 0.913 bits per heavy atom. The van der Waals surface area contributed by atoms with Crippen molar-refractivity contribution < 1.29 is 57.5 Å². The molecule has 0 radical (unpaired) electrons. The third-order valence-corrected chi connectivity index (χ3v) is 18.0. The highest BCUT2D eigenvalue weighted by Gasteiger charge is 2.33. The van der Waals surface area contributed by atoms with E-state index in [-0.39, 0.29) is 111 Å². The molecule has 1 aromatic rings. The van der Waals surface area contributed by atoms with E-state index in [1.807, 2.05) is 62.3 Å². The second kappa shape index (κ2) is 53.9. The van der Waals surface area contributed by atoms with Crippen molar-refractivity contribution in [3.63, 3.8) is 0 Å². The quantitative estimate of drug-likeness (QED) is 0.0370. The number of H-pyrrole nitrogens is 1. The van der Waals surface area contributed by atoms with Gasteiger partial charge in [-0.1, -0.05) is 103 Å². The molecule has 104 heavy (non-hydrogen) atoms. The van der Waals surface area contributed by atoms with Crippen molar-refractivity contribution in [1.29, 1.82) is 0 Å². The number of nitrogens with zero attached hydrogens (tertiary/aromatic N) is 5. The minimum atomic E-state index is -0.301. The van der Waals surface area contributed by atoms with Crippen LogP contribution in [0.4, 0.5) is 10.7 Å². The lowest BCUT2D eigenvalue weighted by Crippen LogP contribution is -2.56. The van der Waals surface area contributed by atoms with E-state index in [0.29, 0.717) is 57.7 Å². The van der Waals surface area contributed by atoms with Gasteiger partial charge in [-0.2, -0.15) is 15.0 Å². The maximum atomic E-state index is 12.2. The first kappa shape index (κ1) is 95.2. The molecule has 29 heteroatoms. The molecule has 2 atom stereocenters. The molecule has 5 aliphatic carbocycles. The molecule has 2 unspecified atom stereocenters. The number of nitrogen functional groups attached to an aromatic ring is 1. The van der Waals surface area contributed by atoms with E-state index in [4.69, 9.17) is 10.5 Å². The number of amides is 7. The summed E-state index contributed by atoms with van der Waals surface area (Å²) in [4.78, 5) is 160. The summed E-state index contributed by atoms with van der Waals surface area (Å²) < 4.78 is 0. The number of aromatic nitrogens is 2. The highest BCUT2D eigenvalue weighted by atomic mass is 16.2. The van der Waals surface area contributed by atoms with Crippen LogP contribution in [0.5, 0.6) is 0 Å². The SMILES string of the molecule is CC1(N=C=O)CCCCC1.CC1(N=C=O)CCCCC1.CC1(N=C=O)CCCCC1.CC1=CC(=O)CC(NC(=O)NC2(C)CCCCC2)N1.CC1=CC(=O)NC(CC(=O)CC2(C)CCCCC2)N1.CCN=C=O.CCNC(=O)CC(=O)NCC.CCNC(=O)CC(=O)NCC.Cc1cc(=O)[nH]c(N)n1. The van der Waals surface area contributed by atoms with Gasteiger partial charge in [0.05, 0.1) is 16.6 Å². The van der Waals surface area contributed by atoms with E-state index in [0.717, 1.165) is 75.6 Å². The van der Waals surface area contributed by atoms with E-state index in [9.17, 15) is 57.5 Å². The van der Waals surface area contributed by atoms with Crippen molar-refractivity contribution in [2.45, 2.75) is 317 Å².